The molecule has 0 fully saturated rings. The number of nitrogens with zero attached hydrogens (tertiary/aromatic N) is 3. The highest BCUT2D eigenvalue weighted by Crippen LogP contribution is 2.19. The van der Waals surface area contributed by atoms with Gasteiger partial charge in [-0.05, 0) is 36.8 Å². The maximum absolute atomic E-state index is 13.7. The lowest BCUT2D eigenvalue weighted by atomic mass is 10.2. The topological polar surface area (TPSA) is 88.9 Å². The van der Waals surface area contributed by atoms with E-state index in [4.69, 9.17) is 0 Å². The number of allylic oxidation sites excluding steroid dienone is 1. The Balaban J connectivity index is 1.62. The van der Waals surface area contributed by atoms with Gasteiger partial charge in [-0.15, -0.1) is 16.8 Å². The van der Waals surface area contributed by atoms with Gasteiger partial charge >= 0.3 is 0 Å². The van der Waals surface area contributed by atoms with Crippen molar-refractivity contribution in [2.24, 2.45) is 0 Å². The molecule has 3 rings (SSSR count). The lowest BCUT2D eigenvalue weighted by molar-refractivity contribution is -0.116. The monoisotopic (exact) mass is 439 g/mol. The zero-order valence-corrected chi connectivity index (χ0v) is 17.8. The molecule has 0 unspecified atom stereocenters. The predicted octanol–water partition coefficient (Wildman–Crippen LogP) is 3.82. The molecule has 0 atom stereocenters. The van der Waals surface area contributed by atoms with E-state index in [1.807, 2.05) is 31.2 Å². The molecule has 1 aromatic heterocycles. The molecule has 0 saturated heterocycles. The summed E-state index contributed by atoms with van der Waals surface area (Å²) in [5.41, 5.74) is 1.87. The van der Waals surface area contributed by atoms with E-state index in [1.165, 1.54) is 12.1 Å². The first-order valence-corrected chi connectivity index (χ1v) is 10.5. The molecule has 3 aromatic rings. The Kier molecular flexibility index (Phi) is 7.55. The molecule has 2 N–H and O–H groups in total. The Bertz CT molecular complexity index is 1100. The van der Waals surface area contributed by atoms with Crippen molar-refractivity contribution in [3.8, 4) is 0 Å². The van der Waals surface area contributed by atoms with Crippen LogP contribution in [0.4, 0.5) is 15.8 Å². The summed E-state index contributed by atoms with van der Waals surface area (Å²) < 4.78 is 15.4. The van der Waals surface area contributed by atoms with E-state index in [-0.39, 0.29) is 29.7 Å². The quantitative estimate of drug-likeness (QED) is 0.391. The minimum atomic E-state index is -0.502. The van der Waals surface area contributed by atoms with Crippen LogP contribution in [-0.2, 0) is 22.6 Å². The third-order valence-corrected chi connectivity index (χ3v) is 5.17. The largest absolute Gasteiger partial charge is 0.326 e. The van der Waals surface area contributed by atoms with Crippen LogP contribution in [0.5, 0.6) is 0 Å². The second-order valence-electron chi connectivity index (χ2n) is 6.71. The third kappa shape index (κ3) is 6.26. The number of anilines is 2. The summed E-state index contributed by atoms with van der Waals surface area (Å²) in [6.45, 7) is 6.06. The molecular formula is C22H22FN5O2S. The Labute approximate surface area is 183 Å². The van der Waals surface area contributed by atoms with Gasteiger partial charge in [0.1, 0.15) is 11.6 Å². The molecule has 0 aliphatic rings. The highest BCUT2D eigenvalue weighted by molar-refractivity contribution is 7.99. The molecule has 0 aliphatic heterocycles. The number of aromatic nitrogens is 3. The van der Waals surface area contributed by atoms with Crippen LogP contribution in [-0.4, -0.2) is 32.3 Å². The standard InChI is InChI=1S/C22H22FN5O2S/c1-3-11-28-19(13-20(29)24-16-8-6-7-15(2)12-16)26-27-22(28)31-14-21(30)25-18-10-5-4-9-17(18)23/h3-10,12H,1,11,13-14H2,2H3,(H,24,29)(H,25,30). The van der Waals surface area contributed by atoms with Gasteiger partial charge in [0, 0.05) is 12.2 Å². The van der Waals surface area contributed by atoms with Crippen LogP contribution < -0.4 is 10.6 Å². The third-order valence-electron chi connectivity index (χ3n) is 4.21. The number of hydrogen-bond acceptors (Lipinski definition) is 5. The summed E-state index contributed by atoms with van der Waals surface area (Å²) >= 11 is 1.15. The molecule has 0 bridgehead atoms. The van der Waals surface area contributed by atoms with Gasteiger partial charge in [0.25, 0.3) is 0 Å². The Morgan fingerprint density at radius 3 is 2.68 bits per heavy atom. The van der Waals surface area contributed by atoms with Gasteiger partial charge < -0.3 is 15.2 Å². The van der Waals surface area contributed by atoms with E-state index in [0.717, 1.165) is 17.3 Å². The number of benzene rings is 2. The summed E-state index contributed by atoms with van der Waals surface area (Å²) in [5.74, 6) is -0.627. The van der Waals surface area contributed by atoms with E-state index in [2.05, 4.69) is 27.4 Å². The van der Waals surface area contributed by atoms with Crippen molar-refractivity contribution in [3.05, 3.63) is 78.4 Å². The normalized spacial score (nSPS) is 10.5. The van der Waals surface area contributed by atoms with Gasteiger partial charge in [-0.3, -0.25) is 9.59 Å². The number of para-hydroxylation sites is 1. The molecule has 2 amide bonds. The lowest BCUT2D eigenvalue weighted by Gasteiger charge is -2.09. The number of nitrogens with one attached hydrogen (secondary N) is 2. The molecule has 0 radical (unpaired) electrons. The first-order chi connectivity index (χ1) is 15.0. The first kappa shape index (κ1) is 22.2. The molecule has 160 valence electrons. The minimum absolute atomic E-state index is 0.0130. The first-order valence-electron chi connectivity index (χ1n) is 9.53. The van der Waals surface area contributed by atoms with E-state index < -0.39 is 5.82 Å². The van der Waals surface area contributed by atoms with Crippen molar-refractivity contribution in [2.75, 3.05) is 16.4 Å². The van der Waals surface area contributed by atoms with Gasteiger partial charge in [-0.2, -0.15) is 0 Å². The van der Waals surface area contributed by atoms with Gasteiger partial charge in [-0.25, -0.2) is 4.39 Å². The van der Waals surface area contributed by atoms with Gasteiger partial charge in [0.05, 0.1) is 17.9 Å². The Hall–Kier alpha value is -3.46. The molecular weight excluding hydrogens is 417 g/mol. The summed E-state index contributed by atoms with van der Waals surface area (Å²) in [6, 6.07) is 13.5. The molecule has 0 aliphatic carbocycles. The van der Waals surface area contributed by atoms with E-state index in [9.17, 15) is 14.0 Å². The molecule has 9 heteroatoms. The molecule has 1 heterocycles. The number of aryl methyl sites for hydroxylation is 1. The SMILES string of the molecule is C=CCn1c(CC(=O)Nc2cccc(C)c2)nnc1SCC(=O)Nc1ccccc1F. The van der Waals surface area contributed by atoms with Crippen molar-refractivity contribution in [1.82, 2.24) is 14.8 Å². The van der Waals surface area contributed by atoms with Crippen LogP contribution in [0.25, 0.3) is 0 Å². The predicted molar refractivity (Wildman–Crippen MR) is 119 cm³/mol. The fraction of sp³-hybridized carbons (Fsp3) is 0.182. The highest BCUT2D eigenvalue weighted by atomic mass is 32.2. The number of carbonyl (C=O) groups is 2. The highest BCUT2D eigenvalue weighted by Gasteiger charge is 2.17. The molecule has 31 heavy (non-hydrogen) atoms. The molecule has 7 nitrogen and oxygen atoms in total. The Morgan fingerprint density at radius 2 is 1.94 bits per heavy atom. The van der Waals surface area contributed by atoms with Gasteiger partial charge in [0.15, 0.2) is 5.16 Å². The van der Waals surface area contributed by atoms with Crippen LogP contribution in [0.15, 0.2) is 66.3 Å². The van der Waals surface area contributed by atoms with Crippen molar-refractivity contribution < 1.29 is 14.0 Å². The number of carbonyl (C=O) groups excluding carboxylic acids is 2. The number of rotatable bonds is 9. The second-order valence-corrected chi connectivity index (χ2v) is 7.65. The number of thioether (sulfide) groups is 1. The molecule has 0 saturated carbocycles. The zero-order chi connectivity index (χ0) is 22.2. The van der Waals surface area contributed by atoms with E-state index in [1.54, 1.807) is 22.8 Å². The van der Waals surface area contributed by atoms with Crippen LogP contribution in [0.1, 0.15) is 11.4 Å². The number of hydrogen-bond donors (Lipinski definition) is 2. The average Bonchev–Trinajstić information content (AvgIpc) is 3.10. The summed E-state index contributed by atoms with van der Waals surface area (Å²) in [6.07, 6.45) is 1.69. The lowest BCUT2D eigenvalue weighted by Crippen LogP contribution is -2.18. The van der Waals surface area contributed by atoms with Crippen molar-refractivity contribution in [3.63, 3.8) is 0 Å². The molecule has 2 aromatic carbocycles. The summed E-state index contributed by atoms with van der Waals surface area (Å²) in [7, 11) is 0. The van der Waals surface area contributed by atoms with Crippen LogP contribution >= 0.6 is 11.8 Å². The van der Waals surface area contributed by atoms with Crippen LogP contribution in [0.3, 0.4) is 0 Å². The zero-order valence-electron chi connectivity index (χ0n) is 17.0. The van der Waals surface area contributed by atoms with Crippen LogP contribution in [0, 0.1) is 12.7 Å². The summed E-state index contributed by atoms with van der Waals surface area (Å²) in [5, 5.41) is 14.0. The second kappa shape index (κ2) is 10.5. The van der Waals surface area contributed by atoms with E-state index in [0.29, 0.717) is 23.2 Å². The van der Waals surface area contributed by atoms with Crippen molar-refractivity contribution in [1.29, 1.82) is 0 Å². The number of halogens is 1. The molecule has 0 spiro atoms. The van der Waals surface area contributed by atoms with Gasteiger partial charge in [-0.1, -0.05) is 42.1 Å². The smallest absolute Gasteiger partial charge is 0.234 e. The average molecular weight is 440 g/mol. The summed E-state index contributed by atoms with van der Waals surface area (Å²) in [4.78, 5) is 24.6. The van der Waals surface area contributed by atoms with E-state index >= 15 is 0 Å². The fourth-order valence-electron chi connectivity index (χ4n) is 2.82. The van der Waals surface area contributed by atoms with Crippen molar-refractivity contribution >= 4 is 35.0 Å². The van der Waals surface area contributed by atoms with Crippen molar-refractivity contribution in [2.45, 2.75) is 25.0 Å². The minimum Gasteiger partial charge on any atom is -0.326 e. The fourth-order valence-corrected chi connectivity index (χ4v) is 3.59. The van der Waals surface area contributed by atoms with Gasteiger partial charge in [0.2, 0.25) is 11.8 Å². The van der Waals surface area contributed by atoms with Crippen LogP contribution in [0.2, 0.25) is 0 Å². The maximum Gasteiger partial charge on any atom is 0.234 e. The number of amides is 2. The maximum atomic E-state index is 13.7. The Morgan fingerprint density at radius 1 is 1.13 bits per heavy atom.